The summed E-state index contributed by atoms with van der Waals surface area (Å²) >= 11 is 0. The number of rotatable bonds is 8. The molecule has 0 aromatic heterocycles. The lowest BCUT2D eigenvalue weighted by molar-refractivity contribution is -0.137. The van der Waals surface area contributed by atoms with E-state index >= 15 is 0 Å². The Bertz CT molecular complexity index is 452. The zero-order chi connectivity index (χ0) is 13.7. The number of aliphatic carboxylic acids is 1. The van der Waals surface area contributed by atoms with Gasteiger partial charge >= 0.3 is 5.97 Å². The molecule has 0 heterocycles. The van der Waals surface area contributed by atoms with E-state index in [1.807, 2.05) is 0 Å². The molecule has 1 atom stereocenters. The average molecular weight is 287 g/mol. The Morgan fingerprint density at radius 3 is 2.18 bits per heavy atom. The number of hydrogen-bond acceptors (Lipinski definition) is 5. The minimum absolute atomic E-state index is 0.143. The third kappa shape index (κ3) is 10.2. The Kier molecular flexibility index (Phi) is 6.06. The molecule has 0 bridgehead atoms. The van der Waals surface area contributed by atoms with E-state index in [0.29, 0.717) is 0 Å². The molecular formula is C8H17NO6S2. The molecule has 0 amide bonds. The molecule has 0 aliphatic carbocycles. The van der Waals surface area contributed by atoms with Crippen molar-refractivity contribution < 1.29 is 26.7 Å². The first-order chi connectivity index (χ1) is 7.52. The number of hydrogen-bond donors (Lipinski definition) is 2. The van der Waals surface area contributed by atoms with Crippen LogP contribution in [0.3, 0.4) is 0 Å². The average Bonchev–Trinajstić information content (AvgIpc) is 2.10. The second-order valence-electron chi connectivity index (χ2n) is 3.90. The van der Waals surface area contributed by atoms with Crippen molar-refractivity contribution in [2.45, 2.75) is 25.8 Å². The lowest BCUT2D eigenvalue weighted by atomic mass is 10.2. The van der Waals surface area contributed by atoms with Crippen LogP contribution in [0.1, 0.15) is 19.8 Å². The Morgan fingerprint density at radius 1 is 1.24 bits per heavy atom. The van der Waals surface area contributed by atoms with Gasteiger partial charge in [0.2, 0.25) is 10.0 Å². The molecule has 9 heteroatoms. The van der Waals surface area contributed by atoms with Gasteiger partial charge < -0.3 is 5.11 Å². The number of nitrogens with one attached hydrogen (secondary N) is 1. The van der Waals surface area contributed by atoms with Crippen LogP contribution >= 0.6 is 0 Å². The van der Waals surface area contributed by atoms with Crippen molar-refractivity contribution in [3.05, 3.63) is 0 Å². The summed E-state index contributed by atoms with van der Waals surface area (Å²) in [6, 6.07) is -0.532. The highest BCUT2D eigenvalue weighted by molar-refractivity contribution is 7.93. The van der Waals surface area contributed by atoms with Gasteiger partial charge in [0.05, 0.1) is 11.5 Å². The summed E-state index contributed by atoms with van der Waals surface area (Å²) in [6.45, 7) is 1.53. The summed E-state index contributed by atoms with van der Waals surface area (Å²) in [6.07, 6.45) is 0.972. The van der Waals surface area contributed by atoms with Crippen molar-refractivity contribution in [1.29, 1.82) is 0 Å². The van der Waals surface area contributed by atoms with Gasteiger partial charge in [0.1, 0.15) is 9.84 Å². The van der Waals surface area contributed by atoms with E-state index in [-0.39, 0.29) is 12.8 Å². The first-order valence-electron chi connectivity index (χ1n) is 4.91. The zero-order valence-electron chi connectivity index (χ0n) is 9.71. The smallest absolute Gasteiger partial charge is 0.303 e. The van der Waals surface area contributed by atoms with Gasteiger partial charge in [-0.25, -0.2) is 21.6 Å². The molecule has 17 heavy (non-hydrogen) atoms. The lowest BCUT2D eigenvalue weighted by Crippen LogP contribution is -2.36. The predicted octanol–water partition coefficient (Wildman–Crippen LogP) is -0.796. The minimum Gasteiger partial charge on any atom is -0.481 e. The Hall–Kier alpha value is -0.670. The highest BCUT2D eigenvalue weighted by Crippen LogP contribution is 1.99. The van der Waals surface area contributed by atoms with Crippen molar-refractivity contribution in [3.8, 4) is 0 Å². The molecule has 7 nitrogen and oxygen atoms in total. The van der Waals surface area contributed by atoms with Gasteiger partial charge in [-0.1, -0.05) is 0 Å². The van der Waals surface area contributed by atoms with Gasteiger partial charge in [-0.15, -0.1) is 0 Å². The molecule has 1 unspecified atom stereocenters. The lowest BCUT2D eigenvalue weighted by Gasteiger charge is -2.12. The Balaban J connectivity index is 4.21. The highest BCUT2D eigenvalue weighted by atomic mass is 32.2. The fourth-order valence-corrected chi connectivity index (χ4v) is 3.96. The van der Waals surface area contributed by atoms with Crippen LogP contribution in [0.25, 0.3) is 0 Å². The number of carboxylic acid groups (broad SMARTS) is 1. The van der Waals surface area contributed by atoms with E-state index in [1.54, 1.807) is 0 Å². The summed E-state index contributed by atoms with van der Waals surface area (Å²) in [4.78, 5) is 10.3. The van der Waals surface area contributed by atoms with E-state index in [2.05, 4.69) is 4.72 Å². The largest absolute Gasteiger partial charge is 0.481 e. The van der Waals surface area contributed by atoms with Crippen LogP contribution in [-0.4, -0.2) is 51.7 Å². The van der Waals surface area contributed by atoms with Crippen LogP contribution in [0, 0.1) is 0 Å². The van der Waals surface area contributed by atoms with Crippen LogP contribution < -0.4 is 4.72 Å². The van der Waals surface area contributed by atoms with Gasteiger partial charge in [0, 0.05) is 18.7 Å². The SMILES string of the molecule is CC(CCC(=O)O)NS(=O)(=O)CCS(C)(=O)=O. The van der Waals surface area contributed by atoms with E-state index < -0.39 is 43.4 Å². The van der Waals surface area contributed by atoms with Gasteiger partial charge in [0.15, 0.2) is 0 Å². The van der Waals surface area contributed by atoms with Gasteiger partial charge in [-0.2, -0.15) is 0 Å². The maximum absolute atomic E-state index is 11.4. The monoisotopic (exact) mass is 287 g/mol. The third-order valence-corrected chi connectivity index (χ3v) is 4.60. The summed E-state index contributed by atoms with van der Waals surface area (Å²) in [5.41, 5.74) is 0. The van der Waals surface area contributed by atoms with Crippen molar-refractivity contribution in [3.63, 3.8) is 0 Å². The highest BCUT2D eigenvalue weighted by Gasteiger charge is 2.17. The first kappa shape index (κ1) is 16.3. The van der Waals surface area contributed by atoms with Crippen LogP contribution in [0.15, 0.2) is 0 Å². The normalized spacial score (nSPS) is 14.5. The molecule has 0 aromatic carbocycles. The second kappa shape index (κ2) is 6.31. The Labute approximate surface area is 101 Å². The van der Waals surface area contributed by atoms with Crippen molar-refractivity contribution in [1.82, 2.24) is 4.72 Å². The second-order valence-corrected chi connectivity index (χ2v) is 8.03. The molecular weight excluding hydrogens is 270 g/mol. The molecule has 0 aliphatic heterocycles. The molecule has 2 N–H and O–H groups in total. The molecule has 0 rings (SSSR count). The number of carbonyl (C=O) groups is 1. The fourth-order valence-electron chi connectivity index (χ4n) is 1.03. The summed E-state index contributed by atoms with van der Waals surface area (Å²) < 4.78 is 46.7. The van der Waals surface area contributed by atoms with Gasteiger partial charge in [0.25, 0.3) is 0 Å². The molecule has 0 fully saturated rings. The maximum atomic E-state index is 11.4. The molecule has 0 saturated carbocycles. The molecule has 0 saturated heterocycles. The minimum atomic E-state index is -3.68. The quantitative estimate of drug-likeness (QED) is 0.603. The first-order valence-corrected chi connectivity index (χ1v) is 8.62. The van der Waals surface area contributed by atoms with Gasteiger partial charge in [-0.05, 0) is 13.3 Å². The maximum Gasteiger partial charge on any atom is 0.303 e. The van der Waals surface area contributed by atoms with Crippen LogP contribution in [0.5, 0.6) is 0 Å². The van der Waals surface area contributed by atoms with Crippen LogP contribution in [-0.2, 0) is 24.7 Å². The fraction of sp³-hybridized carbons (Fsp3) is 0.875. The van der Waals surface area contributed by atoms with Crippen LogP contribution in [0.2, 0.25) is 0 Å². The predicted molar refractivity (Wildman–Crippen MR) is 63.0 cm³/mol. The summed E-state index contributed by atoms with van der Waals surface area (Å²) in [7, 11) is -7.02. The summed E-state index contributed by atoms with van der Waals surface area (Å²) in [5, 5.41) is 8.41. The molecule has 0 aliphatic rings. The third-order valence-electron chi connectivity index (χ3n) is 1.89. The standard InChI is InChI=1S/C8H17NO6S2/c1-7(3-4-8(10)11)9-17(14,15)6-5-16(2,12)13/h7,9H,3-6H2,1-2H3,(H,10,11). The van der Waals surface area contributed by atoms with E-state index in [4.69, 9.17) is 5.11 Å². The van der Waals surface area contributed by atoms with Crippen LogP contribution in [0.4, 0.5) is 0 Å². The number of sulfonamides is 1. The number of sulfone groups is 1. The zero-order valence-corrected chi connectivity index (χ0v) is 11.3. The Morgan fingerprint density at radius 2 is 1.76 bits per heavy atom. The number of carboxylic acids is 1. The topological polar surface area (TPSA) is 118 Å². The van der Waals surface area contributed by atoms with Crippen molar-refractivity contribution >= 4 is 25.8 Å². The molecule has 0 spiro atoms. The van der Waals surface area contributed by atoms with Gasteiger partial charge in [-0.3, -0.25) is 4.79 Å². The molecule has 102 valence electrons. The van der Waals surface area contributed by atoms with Crippen molar-refractivity contribution in [2.75, 3.05) is 17.8 Å². The van der Waals surface area contributed by atoms with E-state index in [1.165, 1.54) is 6.92 Å². The van der Waals surface area contributed by atoms with E-state index in [0.717, 1.165) is 6.26 Å². The summed E-state index contributed by atoms with van der Waals surface area (Å²) in [5.74, 6) is -1.97. The van der Waals surface area contributed by atoms with Crippen molar-refractivity contribution in [2.24, 2.45) is 0 Å². The molecule has 0 aromatic rings. The van der Waals surface area contributed by atoms with E-state index in [9.17, 15) is 21.6 Å². The molecule has 0 radical (unpaired) electrons.